The summed E-state index contributed by atoms with van der Waals surface area (Å²) in [5.41, 5.74) is 10.5. The van der Waals surface area contributed by atoms with Crippen LogP contribution in [-0.4, -0.2) is 18.6 Å². The largest absolute Gasteiger partial charge is 0.328 e. The third-order valence-electron chi connectivity index (χ3n) is 9.20. The molecule has 40 heavy (non-hydrogen) atoms. The molecule has 2 saturated carbocycles. The van der Waals surface area contributed by atoms with Gasteiger partial charge in [0, 0.05) is 11.6 Å². The van der Waals surface area contributed by atoms with Gasteiger partial charge in [0.05, 0.1) is 0 Å². The van der Waals surface area contributed by atoms with Gasteiger partial charge in [-0.05, 0) is 112 Å². The lowest BCUT2D eigenvalue weighted by Crippen LogP contribution is -2.22. The Hall–Kier alpha value is -3.30. The van der Waals surface area contributed by atoms with Gasteiger partial charge < -0.3 is 10.5 Å². The molecule has 7 rings (SSSR count). The van der Waals surface area contributed by atoms with Gasteiger partial charge in [-0.25, -0.2) is 0 Å². The summed E-state index contributed by atoms with van der Waals surface area (Å²) in [6, 6.07) is 18.5. The molecule has 0 heterocycles. The lowest BCUT2D eigenvalue weighted by Gasteiger charge is -2.26. The Morgan fingerprint density at radius 2 is 1.05 bits per heavy atom. The van der Waals surface area contributed by atoms with E-state index < -0.39 is 0 Å². The molecular formula is C37H43NO2. The van der Waals surface area contributed by atoms with Gasteiger partial charge >= 0.3 is 0 Å². The third kappa shape index (κ3) is 5.24. The second-order valence-electron chi connectivity index (χ2n) is 11.9. The number of fused-ring (bicyclic) bond motifs is 2. The molecule has 2 N–H and O–H groups in total. The summed E-state index contributed by atoms with van der Waals surface area (Å²) in [5.74, 6) is 0.679. The second kappa shape index (κ2) is 12.5. The average Bonchev–Trinajstić information content (AvgIpc) is 2.98. The molecule has 2 aliphatic carbocycles. The maximum Gasteiger partial charge on any atom is 0.150 e. The Bertz CT molecular complexity index is 1620. The van der Waals surface area contributed by atoms with E-state index in [4.69, 9.17) is 10.5 Å². The minimum Gasteiger partial charge on any atom is -0.328 e. The van der Waals surface area contributed by atoms with Crippen molar-refractivity contribution in [3.63, 3.8) is 0 Å². The van der Waals surface area contributed by atoms with Crippen LogP contribution in [0.5, 0.6) is 0 Å². The van der Waals surface area contributed by atoms with Crippen LogP contribution < -0.4 is 5.73 Å². The van der Waals surface area contributed by atoms with Crippen LogP contribution in [0.1, 0.15) is 104 Å². The molecule has 0 unspecified atom stereocenters. The summed E-state index contributed by atoms with van der Waals surface area (Å²) in [4.78, 5) is 20.6. The monoisotopic (exact) mass is 533 g/mol. The van der Waals surface area contributed by atoms with E-state index in [1.54, 1.807) is 5.56 Å². The summed E-state index contributed by atoms with van der Waals surface area (Å²) in [7, 11) is 0. The molecule has 5 aromatic rings. The average molecular weight is 534 g/mol. The third-order valence-corrected chi connectivity index (χ3v) is 9.20. The number of carbonyl (C=O) groups is 2. The van der Waals surface area contributed by atoms with E-state index in [1.807, 2.05) is 6.07 Å². The van der Waals surface area contributed by atoms with E-state index >= 15 is 0 Å². The quantitative estimate of drug-likeness (QED) is 0.140. The van der Waals surface area contributed by atoms with E-state index in [9.17, 15) is 4.79 Å². The van der Waals surface area contributed by atoms with E-state index in [0.29, 0.717) is 12.0 Å². The summed E-state index contributed by atoms with van der Waals surface area (Å²) in [6.45, 7) is 5.83. The topological polar surface area (TPSA) is 60.2 Å². The number of hydrogen-bond acceptors (Lipinski definition) is 3. The van der Waals surface area contributed by atoms with Crippen LogP contribution in [-0.2, 0) is 4.79 Å². The van der Waals surface area contributed by atoms with Gasteiger partial charge in [0.1, 0.15) is 6.29 Å². The highest BCUT2D eigenvalue weighted by Crippen LogP contribution is 2.46. The van der Waals surface area contributed by atoms with Crippen molar-refractivity contribution in [1.82, 2.24) is 0 Å². The fourth-order valence-electron chi connectivity index (χ4n) is 7.28. The number of aryl methyl sites for hydroxylation is 2. The van der Waals surface area contributed by atoms with Crippen molar-refractivity contribution in [2.24, 2.45) is 5.73 Å². The van der Waals surface area contributed by atoms with Crippen molar-refractivity contribution in [2.75, 3.05) is 0 Å². The number of rotatable bonds is 2. The molecule has 3 nitrogen and oxygen atoms in total. The molecule has 0 amide bonds. The van der Waals surface area contributed by atoms with E-state index in [0.717, 1.165) is 23.5 Å². The molecule has 0 saturated heterocycles. The van der Waals surface area contributed by atoms with Crippen LogP contribution in [0, 0.1) is 13.8 Å². The molecule has 3 heteroatoms. The lowest BCUT2D eigenvalue weighted by atomic mass is 9.79. The molecule has 0 atom stereocenters. The van der Waals surface area contributed by atoms with Crippen molar-refractivity contribution in [2.45, 2.75) is 96.9 Å². The number of nitrogens with two attached hydrogens (primary N) is 1. The molecular weight excluding hydrogens is 490 g/mol. The minimum atomic E-state index is 0.536. The Labute approximate surface area is 238 Å². The summed E-state index contributed by atoms with van der Waals surface area (Å²) in [6.07, 6.45) is 15.1. The smallest absolute Gasteiger partial charge is 0.150 e. The van der Waals surface area contributed by atoms with Crippen LogP contribution in [0.2, 0.25) is 0 Å². The molecule has 2 fully saturated rings. The van der Waals surface area contributed by atoms with Crippen molar-refractivity contribution in [1.29, 1.82) is 0 Å². The normalized spacial score (nSPS) is 16.5. The van der Waals surface area contributed by atoms with Gasteiger partial charge in [-0.1, -0.05) is 87.1 Å². The van der Waals surface area contributed by atoms with Crippen LogP contribution in [0.4, 0.5) is 0 Å². The van der Waals surface area contributed by atoms with E-state index in [-0.39, 0.29) is 0 Å². The summed E-state index contributed by atoms with van der Waals surface area (Å²) in [5, 5.41) is 10.4. The fraction of sp³-hybridized carbons (Fsp3) is 0.405. The van der Waals surface area contributed by atoms with Gasteiger partial charge in [0.25, 0.3) is 0 Å². The number of carbonyl (C=O) groups excluding carboxylic acids is 2. The molecule has 2 aliphatic rings. The van der Waals surface area contributed by atoms with Crippen molar-refractivity contribution in [3.05, 3.63) is 70.8 Å². The van der Waals surface area contributed by atoms with Gasteiger partial charge in [-0.3, -0.25) is 4.79 Å². The van der Waals surface area contributed by atoms with Crippen molar-refractivity contribution >= 4 is 55.7 Å². The first-order chi connectivity index (χ1) is 19.5. The molecule has 0 bridgehead atoms. The van der Waals surface area contributed by atoms with Crippen LogP contribution >= 0.6 is 0 Å². The Balaban J connectivity index is 0.000000276. The molecule has 0 aromatic heterocycles. The molecule has 5 aromatic carbocycles. The fourth-order valence-corrected chi connectivity index (χ4v) is 7.28. The molecule has 208 valence electrons. The van der Waals surface area contributed by atoms with Gasteiger partial charge in [0.15, 0.2) is 6.29 Å². The summed E-state index contributed by atoms with van der Waals surface area (Å²) < 4.78 is 0. The predicted molar refractivity (Wildman–Crippen MR) is 171 cm³/mol. The first-order valence-electron chi connectivity index (χ1n) is 15.2. The summed E-state index contributed by atoms with van der Waals surface area (Å²) >= 11 is 0. The zero-order chi connectivity index (χ0) is 28.2. The van der Waals surface area contributed by atoms with Gasteiger partial charge in [-0.2, -0.15) is 0 Å². The minimum absolute atomic E-state index is 0.536. The Morgan fingerprint density at radius 3 is 1.55 bits per heavy atom. The first kappa shape index (κ1) is 28.2. The van der Waals surface area contributed by atoms with Crippen molar-refractivity contribution in [3.8, 4) is 0 Å². The van der Waals surface area contributed by atoms with E-state index in [1.165, 1.54) is 120 Å². The van der Waals surface area contributed by atoms with Gasteiger partial charge in [-0.15, -0.1) is 0 Å². The number of benzene rings is 5. The maximum absolute atomic E-state index is 11.8. The Kier molecular flexibility index (Phi) is 8.81. The number of hydrogen-bond donors (Lipinski definition) is 1. The zero-order valence-corrected chi connectivity index (χ0v) is 24.4. The second-order valence-corrected chi connectivity index (χ2v) is 11.9. The standard InChI is InChI=1S/C29H26O.C6H13N.C2H4O/c1-17-8-11-22-25-15-14-21(19-6-4-3-5-7-19)27-18(2)9-12-23(29(25)27)24-13-10-20(16-30)26(17)28(22)24;7-6-4-2-1-3-5-6;1-2-3/h8-16,19H,3-7H2,1-2H3;6H,1-5,7H2;2H,1H3. The molecule has 0 aliphatic heterocycles. The van der Waals surface area contributed by atoms with Crippen LogP contribution in [0.25, 0.3) is 43.1 Å². The van der Waals surface area contributed by atoms with Crippen LogP contribution in [0.15, 0.2) is 48.5 Å². The highest BCUT2D eigenvalue weighted by molar-refractivity contribution is 6.34. The lowest BCUT2D eigenvalue weighted by molar-refractivity contribution is -0.106. The Morgan fingerprint density at radius 1 is 0.600 bits per heavy atom. The van der Waals surface area contributed by atoms with Crippen LogP contribution in [0.3, 0.4) is 0 Å². The van der Waals surface area contributed by atoms with Crippen molar-refractivity contribution < 1.29 is 9.59 Å². The molecule has 0 radical (unpaired) electrons. The maximum atomic E-state index is 11.8. The zero-order valence-electron chi connectivity index (χ0n) is 24.4. The highest BCUT2D eigenvalue weighted by atomic mass is 16.1. The van der Waals surface area contributed by atoms with Gasteiger partial charge in [0.2, 0.25) is 0 Å². The molecule has 0 spiro atoms. The predicted octanol–water partition coefficient (Wildman–Crippen LogP) is 9.70. The number of aldehydes is 2. The first-order valence-corrected chi connectivity index (χ1v) is 15.2. The highest BCUT2D eigenvalue weighted by Gasteiger charge is 2.22. The van der Waals surface area contributed by atoms with E-state index in [2.05, 4.69) is 56.3 Å². The SMILES string of the molecule is CC=O.Cc1ccc2c3ccc(C4CCCCC4)c4c(C)ccc(c5ccc(C=O)c1c52)c43.NC1CCCCC1.